The van der Waals surface area contributed by atoms with Gasteiger partial charge in [0.1, 0.15) is 0 Å². The number of sulfonamides is 1. The normalized spacial score (nSPS) is 12.3. The van der Waals surface area contributed by atoms with Crippen LogP contribution in [0.3, 0.4) is 0 Å². The van der Waals surface area contributed by atoms with Crippen LogP contribution in [0.1, 0.15) is 32.3 Å². The largest absolute Gasteiger partial charge is 0.481 e. The molecular weight excluding hydrogens is 346 g/mol. The summed E-state index contributed by atoms with van der Waals surface area (Å²) in [5.74, 6) is -1.19. The maximum atomic E-state index is 12.0. The molecule has 1 rings (SSSR count). The van der Waals surface area contributed by atoms with Gasteiger partial charge in [0.25, 0.3) is 0 Å². The van der Waals surface area contributed by atoms with Crippen molar-refractivity contribution in [3.05, 3.63) is 34.3 Å². The van der Waals surface area contributed by atoms with Gasteiger partial charge in [0.2, 0.25) is 10.0 Å². The summed E-state index contributed by atoms with van der Waals surface area (Å²) in [4.78, 5) is 10.4. The smallest absolute Gasteiger partial charge is 0.303 e. The van der Waals surface area contributed by atoms with Crippen molar-refractivity contribution >= 4 is 31.9 Å². The van der Waals surface area contributed by atoms with Crippen LogP contribution in [0.4, 0.5) is 0 Å². The summed E-state index contributed by atoms with van der Waals surface area (Å²) in [5, 5.41) is 8.53. The van der Waals surface area contributed by atoms with Gasteiger partial charge in [0, 0.05) is 10.9 Å². The van der Waals surface area contributed by atoms with Crippen LogP contribution in [-0.2, 0) is 20.4 Å². The molecule has 20 heavy (non-hydrogen) atoms. The van der Waals surface area contributed by atoms with E-state index in [0.29, 0.717) is 0 Å². The first-order valence-corrected chi connectivity index (χ1v) is 8.56. The van der Waals surface area contributed by atoms with Crippen molar-refractivity contribution in [3.63, 3.8) is 0 Å². The molecule has 0 radical (unpaired) electrons. The predicted octanol–water partition coefficient (Wildman–Crippen LogP) is 2.47. The Bertz CT molecular complexity index is 567. The number of hydrogen-bond acceptors (Lipinski definition) is 3. The van der Waals surface area contributed by atoms with Gasteiger partial charge >= 0.3 is 5.97 Å². The summed E-state index contributed by atoms with van der Waals surface area (Å²) in [6.07, 6.45) is -0.0549. The van der Waals surface area contributed by atoms with Crippen molar-refractivity contribution in [3.8, 4) is 0 Å². The third kappa shape index (κ3) is 5.60. The molecule has 0 saturated carbocycles. The van der Waals surface area contributed by atoms with Crippen molar-refractivity contribution < 1.29 is 18.3 Å². The van der Waals surface area contributed by atoms with E-state index >= 15 is 0 Å². The highest BCUT2D eigenvalue weighted by molar-refractivity contribution is 9.10. The highest BCUT2D eigenvalue weighted by Gasteiger charge is 2.26. The van der Waals surface area contributed by atoms with Crippen LogP contribution in [0.5, 0.6) is 0 Å². The Labute approximate surface area is 127 Å². The Hall–Kier alpha value is -0.920. The summed E-state index contributed by atoms with van der Waals surface area (Å²) in [5.41, 5.74) is 0.0884. The predicted molar refractivity (Wildman–Crippen MR) is 81.0 cm³/mol. The topological polar surface area (TPSA) is 83.5 Å². The van der Waals surface area contributed by atoms with E-state index in [2.05, 4.69) is 20.7 Å². The summed E-state index contributed by atoms with van der Waals surface area (Å²) in [6, 6.07) is 7.36. The Morgan fingerprint density at radius 3 is 2.35 bits per heavy atom. The van der Waals surface area contributed by atoms with Crippen LogP contribution < -0.4 is 4.72 Å². The molecule has 0 heterocycles. The molecule has 0 aliphatic rings. The summed E-state index contributed by atoms with van der Waals surface area (Å²) < 4.78 is 27.4. The molecule has 1 aromatic carbocycles. The zero-order valence-electron chi connectivity index (χ0n) is 11.4. The number of aliphatic carboxylic acids is 1. The van der Waals surface area contributed by atoms with Crippen LogP contribution in [0, 0.1) is 0 Å². The van der Waals surface area contributed by atoms with Crippen LogP contribution in [-0.4, -0.2) is 25.2 Å². The number of benzene rings is 1. The summed E-state index contributed by atoms with van der Waals surface area (Å²) in [7, 11) is -3.52. The molecule has 0 aliphatic heterocycles. The van der Waals surface area contributed by atoms with Gasteiger partial charge in [-0.3, -0.25) is 4.79 Å². The Balaban J connectivity index is 2.74. The molecule has 5 nitrogen and oxygen atoms in total. The molecule has 7 heteroatoms. The zero-order chi connectivity index (χ0) is 15.4. The van der Waals surface area contributed by atoms with Gasteiger partial charge in [-0.1, -0.05) is 28.1 Å². The Morgan fingerprint density at radius 2 is 1.85 bits per heavy atom. The van der Waals surface area contributed by atoms with E-state index in [9.17, 15) is 13.2 Å². The van der Waals surface area contributed by atoms with Gasteiger partial charge in [0.15, 0.2) is 0 Å². The van der Waals surface area contributed by atoms with Crippen LogP contribution >= 0.6 is 15.9 Å². The van der Waals surface area contributed by atoms with Gasteiger partial charge in [-0.05, 0) is 38.0 Å². The van der Waals surface area contributed by atoms with Crippen molar-refractivity contribution in [1.82, 2.24) is 4.72 Å². The lowest BCUT2D eigenvalue weighted by Gasteiger charge is -2.26. The highest BCUT2D eigenvalue weighted by atomic mass is 79.9. The number of carboxylic acid groups (broad SMARTS) is 1. The first kappa shape index (κ1) is 17.1. The van der Waals surface area contributed by atoms with E-state index in [4.69, 9.17) is 5.11 Å². The quantitative estimate of drug-likeness (QED) is 0.779. The van der Waals surface area contributed by atoms with Gasteiger partial charge < -0.3 is 5.11 Å². The molecule has 0 aromatic heterocycles. The van der Waals surface area contributed by atoms with Crippen molar-refractivity contribution in [2.75, 3.05) is 5.75 Å². The molecule has 0 fully saturated rings. The fourth-order valence-electron chi connectivity index (χ4n) is 1.78. The Morgan fingerprint density at radius 1 is 1.30 bits per heavy atom. The molecule has 0 amide bonds. The SMILES string of the molecule is CC(C)(NS(=O)(=O)CCCC(=O)O)c1ccc(Br)cc1. The lowest BCUT2D eigenvalue weighted by molar-refractivity contribution is -0.137. The van der Waals surface area contributed by atoms with Gasteiger partial charge in [-0.25, -0.2) is 13.1 Å². The number of nitrogens with one attached hydrogen (secondary N) is 1. The number of halogens is 1. The van der Waals surface area contributed by atoms with Crippen molar-refractivity contribution in [2.45, 2.75) is 32.2 Å². The second kappa shape index (κ2) is 6.69. The third-order valence-electron chi connectivity index (χ3n) is 2.78. The van der Waals surface area contributed by atoms with E-state index in [-0.39, 0.29) is 18.6 Å². The van der Waals surface area contributed by atoms with Gasteiger partial charge in [0.05, 0.1) is 11.3 Å². The summed E-state index contributed by atoms with van der Waals surface area (Å²) in [6.45, 7) is 3.54. The number of hydrogen-bond donors (Lipinski definition) is 2. The van der Waals surface area contributed by atoms with Crippen LogP contribution in [0.15, 0.2) is 28.7 Å². The molecule has 0 saturated heterocycles. The van der Waals surface area contributed by atoms with E-state index in [1.165, 1.54) is 0 Å². The number of carboxylic acids is 1. The number of carbonyl (C=O) groups is 1. The fraction of sp³-hybridized carbons (Fsp3) is 0.462. The van der Waals surface area contributed by atoms with Crippen LogP contribution in [0.25, 0.3) is 0 Å². The molecule has 2 N–H and O–H groups in total. The third-order valence-corrected chi connectivity index (χ3v) is 4.96. The van der Waals surface area contributed by atoms with E-state index in [1.807, 2.05) is 24.3 Å². The van der Waals surface area contributed by atoms with E-state index in [1.54, 1.807) is 13.8 Å². The molecule has 0 atom stereocenters. The second-order valence-electron chi connectivity index (χ2n) is 5.05. The average Bonchev–Trinajstić information content (AvgIpc) is 2.26. The van der Waals surface area contributed by atoms with Gasteiger partial charge in [-0.15, -0.1) is 0 Å². The highest BCUT2D eigenvalue weighted by Crippen LogP contribution is 2.23. The number of rotatable bonds is 7. The minimum Gasteiger partial charge on any atom is -0.481 e. The maximum Gasteiger partial charge on any atom is 0.303 e. The minimum absolute atomic E-state index is 0.0983. The van der Waals surface area contributed by atoms with Gasteiger partial charge in [-0.2, -0.15) is 0 Å². The lowest BCUT2D eigenvalue weighted by Crippen LogP contribution is -2.42. The average molecular weight is 364 g/mol. The standard InChI is InChI=1S/C13H18BrNO4S/c1-13(2,10-5-7-11(14)8-6-10)15-20(18,19)9-3-4-12(16)17/h5-8,15H,3-4,9H2,1-2H3,(H,16,17). The fourth-order valence-corrected chi connectivity index (χ4v) is 3.56. The first-order chi connectivity index (χ1) is 9.12. The second-order valence-corrected chi connectivity index (χ2v) is 7.81. The molecule has 1 aromatic rings. The summed E-state index contributed by atoms with van der Waals surface area (Å²) >= 11 is 3.33. The monoisotopic (exact) mass is 363 g/mol. The van der Waals surface area contributed by atoms with E-state index < -0.39 is 21.5 Å². The van der Waals surface area contributed by atoms with Crippen LogP contribution in [0.2, 0.25) is 0 Å². The Kier molecular flexibility index (Phi) is 5.73. The molecular formula is C13H18BrNO4S. The molecule has 112 valence electrons. The molecule has 0 spiro atoms. The molecule has 0 aliphatic carbocycles. The first-order valence-electron chi connectivity index (χ1n) is 6.12. The minimum atomic E-state index is -3.52. The lowest BCUT2D eigenvalue weighted by atomic mass is 9.96. The zero-order valence-corrected chi connectivity index (χ0v) is 13.8. The molecule has 0 bridgehead atoms. The van der Waals surface area contributed by atoms with E-state index in [0.717, 1.165) is 10.0 Å². The molecule has 0 unspecified atom stereocenters. The van der Waals surface area contributed by atoms with Crippen molar-refractivity contribution in [2.24, 2.45) is 0 Å². The maximum absolute atomic E-state index is 12.0. The van der Waals surface area contributed by atoms with Crippen molar-refractivity contribution in [1.29, 1.82) is 0 Å².